The van der Waals surface area contributed by atoms with E-state index >= 15 is 0 Å². The number of fused-ring (bicyclic) bond motifs is 16. The quantitative estimate of drug-likeness (QED) is 0.173. The van der Waals surface area contributed by atoms with Gasteiger partial charge < -0.3 is 14.2 Å². The molecule has 1 aliphatic heterocycles. The predicted octanol–water partition coefficient (Wildman–Crippen LogP) is 17.4. The number of furan rings is 1. The van der Waals surface area contributed by atoms with E-state index in [1.807, 2.05) is 12.1 Å². The van der Waals surface area contributed by atoms with Gasteiger partial charge >= 0.3 is 0 Å². The molecule has 0 saturated heterocycles. The standard InChI is InChI=1S/C64H45N3O/c65-40-41-33-36-45(37-34-41)67(58-32-16-27-51-50-26-15-25-47(62(50)68-63(51)58)42-17-3-1-4-18-42)59-39-55-61(49-24-10-9-23-48(49)59)60-46-22-8-7-19-43(46)35-38-54(60)64(55)52-28-11-13-30-56(52)66(44-20-5-2-6-21-44)57-31-14-12-29-53(57)64/h2,5-16,19-39,42H,1,3-4,17-18H2. The van der Waals surface area contributed by atoms with Crippen molar-refractivity contribution in [1.29, 1.82) is 5.26 Å². The lowest BCUT2D eigenvalue weighted by Gasteiger charge is -2.45. The Bertz CT molecular complexity index is 3820. The molecule has 0 amide bonds. The van der Waals surface area contributed by atoms with E-state index in [0.29, 0.717) is 11.5 Å². The molecule has 1 aromatic heterocycles. The van der Waals surface area contributed by atoms with E-state index in [0.717, 1.165) is 61.4 Å². The highest BCUT2D eigenvalue weighted by atomic mass is 16.3. The summed E-state index contributed by atoms with van der Waals surface area (Å²) in [5.74, 6) is 0.486. The zero-order chi connectivity index (χ0) is 44.9. The van der Waals surface area contributed by atoms with Crippen molar-refractivity contribution in [3.8, 4) is 17.2 Å². The summed E-state index contributed by atoms with van der Waals surface area (Å²) in [6.07, 6.45) is 6.19. The van der Waals surface area contributed by atoms with Crippen molar-refractivity contribution >= 4 is 77.6 Å². The fourth-order valence-electron chi connectivity index (χ4n) is 12.6. The normalized spacial score (nSPS) is 14.8. The van der Waals surface area contributed by atoms with Gasteiger partial charge in [-0.3, -0.25) is 0 Å². The average Bonchev–Trinajstić information content (AvgIpc) is 3.94. The Balaban J connectivity index is 1.12. The largest absolute Gasteiger partial charge is 0.454 e. The second-order valence-corrected chi connectivity index (χ2v) is 18.8. The number of nitriles is 1. The van der Waals surface area contributed by atoms with Crippen LogP contribution in [0.1, 0.15) is 71.4 Å². The summed E-state index contributed by atoms with van der Waals surface area (Å²) < 4.78 is 7.30. The number of rotatable bonds is 5. The van der Waals surface area contributed by atoms with Gasteiger partial charge in [0, 0.05) is 27.5 Å². The molecule has 10 aromatic carbocycles. The fraction of sp³-hybridized carbons (Fsp3) is 0.109. The maximum Gasteiger partial charge on any atom is 0.159 e. The molecule has 1 spiro atoms. The number of anilines is 6. The van der Waals surface area contributed by atoms with Crippen LogP contribution in [-0.4, -0.2) is 0 Å². The van der Waals surface area contributed by atoms with E-state index in [9.17, 15) is 5.26 Å². The van der Waals surface area contributed by atoms with E-state index in [1.54, 1.807) is 0 Å². The van der Waals surface area contributed by atoms with Crippen molar-refractivity contribution in [2.45, 2.75) is 43.4 Å². The first-order chi connectivity index (χ1) is 33.7. The van der Waals surface area contributed by atoms with Crippen molar-refractivity contribution in [3.63, 3.8) is 0 Å². The van der Waals surface area contributed by atoms with Gasteiger partial charge in [-0.2, -0.15) is 5.26 Å². The van der Waals surface area contributed by atoms with E-state index < -0.39 is 5.41 Å². The lowest BCUT2D eigenvalue weighted by Crippen LogP contribution is -2.36. The third-order valence-electron chi connectivity index (χ3n) is 15.4. The second kappa shape index (κ2) is 15.1. The average molecular weight is 872 g/mol. The smallest absolute Gasteiger partial charge is 0.159 e. The highest BCUT2D eigenvalue weighted by molar-refractivity contribution is 6.18. The van der Waals surface area contributed by atoms with Gasteiger partial charge in [0.25, 0.3) is 0 Å². The number of benzene rings is 10. The molecule has 4 nitrogen and oxygen atoms in total. The monoisotopic (exact) mass is 871 g/mol. The molecule has 68 heavy (non-hydrogen) atoms. The minimum absolute atomic E-state index is 0.486. The Morgan fingerprint density at radius 2 is 1.10 bits per heavy atom. The molecular weight excluding hydrogens is 827 g/mol. The molecule has 3 aliphatic rings. The molecular formula is C64H45N3O. The molecule has 1 fully saturated rings. The van der Waals surface area contributed by atoms with Crippen molar-refractivity contribution in [2.24, 2.45) is 0 Å². The Morgan fingerprint density at radius 3 is 1.85 bits per heavy atom. The molecule has 4 heteroatoms. The zero-order valence-corrected chi connectivity index (χ0v) is 37.5. The van der Waals surface area contributed by atoms with Crippen molar-refractivity contribution in [1.82, 2.24) is 0 Å². The van der Waals surface area contributed by atoms with Crippen molar-refractivity contribution in [3.05, 3.63) is 240 Å². The SMILES string of the molecule is N#Cc1ccc(N(c2cc3c(c4ccccc24)-c2c(ccc4ccccc24)C32c3ccccc3N(c3ccccc3)c3ccccc32)c2cccc3c2oc2c(C4CCCCC4)cccc23)cc1. The van der Waals surface area contributed by atoms with Gasteiger partial charge in [0.05, 0.1) is 39.8 Å². The van der Waals surface area contributed by atoms with E-state index in [4.69, 9.17) is 4.42 Å². The molecule has 0 atom stereocenters. The summed E-state index contributed by atoms with van der Waals surface area (Å²) in [7, 11) is 0. The molecule has 14 rings (SSSR count). The Kier molecular flexibility index (Phi) is 8.61. The molecule has 0 N–H and O–H groups in total. The summed E-state index contributed by atoms with van der Waals surface area (Å²) in [5.41, 5.74) is 17.0. The van der Waals surface area contributed by atoms with Gasteiger partial charge in [0.2, 0.25) is 0 Å². The van der Waals surface area contributed by atoms with Gasteiger partial charge in [-0.15, -0.1) is 0 Å². The molecule has 0 radical (unpaired) electrons. The van der Waals surface area contributed by atoms with Crippen LogP contribution in [0.4, 0.5) is 34.1 Å². The van der Waals surface area contributed by atoms with Crippen LogP contribution >= 0.6 is 0 Å². The van der Waals surface area contributed by atoms with Crippen LogP contribution in [0.5, 0.6) is 0 Å². The zero-order valence-electron chi connectivity index (χ0n) is 37.5. The molecule has 2 heterocycles. The number of hydrogen-bond donors (Lipinski definition) is 0. The third kappa shape index (κ3) is 5.42. The van der Waals surface area contributed by atoms with E-state index in [1.165, 1.54) is 87.2 Å². The second-order valence-electron chi connectivity index (χ2n) is 18.8. The number of hydrogen-bond acceptors (Lipinski definition) is 4. The molecule has 2 aliphatic carbocycles. The molecule has 1 saturated carbocycles. The first kappa shape index (κ1) is 38.8. The summed E-state index contributed by atoms with van der Waals surface area (Å²) in [4.78, 5) is 4.85. The van der Waals surface area contributed by atoms with Crippen LogP contribution in [0.25, 0.3) is 54.6 Å². The van der Waals surface area contributed by atoms with Gasteiger partial charge in [0.15, 0.2) is 5.58 Å². The lowest BCUT2D eigenvalue weighted by molar-refractivity contribution is 0.442. The first-order valence-corrected chi connectivity index (χ1v) is 24.1. The van der Waals surface area contributed by atoms with Gasteiger partial charge in [-0.05, 0) is 135 Å². The minimum atomic E-state index is -0.706. The van der Waals surface area contributed by atoms with Gasteiger partial charge in [-0.1, -0.05) is 165 Å². The topological polar surface area (TPSA) is 43.4 Å². The maximum atomic E-state index is 10.1. The highest BCUT2D eigenvalue weighted by Gasteiger charge is 2.53. The molecule has 0 unspecified atom stereocenters. The third-order valence-corrected chi connectivity index (χ3v) is 15.4. The van der Waals surface area contributed by atoms with Crippen LogP contribution in [-0.2, 0) is 5.41 Å². The fourth-order valence-corrected chi connectivity index (χ4v) is 12.6. The Hall–Kier alpha value is -8.39. The van der Waals surface area contributed by atoms with Crippen molar-refractivity contribution < 1.29 is 4.42 Å². The van der Waals surface area contributed by atoms with Crippen LogP contribution in [0.3, 0.4) is 0 Å². The maximum absolute atomic E-state index is 10.1. The predicted molar refractivity (Wildman–Crippen MR) is 280 cm³/mol. The molecule has 11 aromatic rings. The number of nitrogens with zero attached hydrogens (tertiary/aromatic N) is 3. The molecule has 0 bridgehead atoms. The van der Waals surface area contributed by atoms with Gasteiger partial charge in [0.1, 0.15) is 5.58 Å². The number of para-hydroxylation sites is 5. The summed E-state index contributed by atoms with van der Waals surface area (Å²) in [6.45, 7) is 0. The molecule has 322 valence electrons. The van der Waals surface area contributed by atoms with Crippen molar-refractivity contribution in [2.75, 3.05) is 9.80 Å². The van der Waals surface area contributed by atoms with Crippen LogP contribution < -0.4 is 9.80 Å². The lowest BCUT2D eigenvalue weighted by atomic mass is 9.64. The van der Waals surface area contributed by atoms with Crippen LogP contribution in [0.15, 0.2) is 211 Å². The Labute approximate surface area is 395 Å². The summed E-state index contributed by atoms with van der Waals surface area (Å²) in [6, 6.07) is 77.8. The first-order valence-electron chi connectivity index (χ1n) is 24.1. The van der Waals surface area contributed by atoms with Crippen LogP contribution in [0.2, 0.25) is 0 Å². The summed E-state index contributed by atoms with van der Waals surface area (Å²) >= 11 is 0. The van der Waals surface area contributed by atoms with Crippen LogP contribution in [0, 0.1) is 11.3 Å². The highest BCUT2D eigenvalue weighted by Crippen LogP contribution is 2.66. The van der Waals surface area contributed by atoms with E-state index in [2.05, 4.69) is 210 Å². The minimum Gasteiger partial charge on any atom is -0.454 e. The Morgan fingerprint density at radius 1 is 0.485 bits per heavy atom. The summed E-state index contributed by atoms with van der Waals surface area (Å²) in [5, 5.41) is 17.1. The van der Waals surface area contributed by atoms with E-state index in [-0.39, 0.29) is 0 Å². The van der Waals surface area contributed by atoms with Gasteiger partial charge in [-0.25, -0.2) is 0 Å².